The minimum absolute atomic E-state index is 0.349. The first-order valence-electron chi connectivity index (χ1n) is 5.87. The maximum absolute atomic E-state index is 8.86. The van der Waals surface area contributed by atoms with Crippen molar-refractivity contribution in [1.29, 1.82) is 5.26 Å². The molecule has 1 saturated heterocycles. The van der Waals surface area contributed by atoms with Crippen LogP contribution in [0.2, 0.25) is 0 Å². The number of thioether (sulfide) groups is 1. The minimum Gasteiger partial charge on any atom is -0.356 e. The van der Waals surface area contributed by atoms with Gasteiger partial charge in [-0.25, -0.2) is 4.98 Å². The van der Waals surface area contributed by atoms with Gasteiger partial charge in [-0.15, -0.1) is 0 Å². The molecule has 2 rings (SSSR count). The van der Waals surface area contributed by atoms with Gasteiger partial charge in [0, 0.05) is 23.6 Å². The molecule has 0 atom stereocenters. The lowest BCUT2D eigenvalue weighted by Crippen LogP contribution is -2.27. The predicted molar refractivity (Wildman–Crippen MR) is 72.3 cm³/mol. The van der Waals surface area contributed by atoms with Crippen molar-refractivity contribution in [3.63, 3.8) is 0 Å². The summed E-state index contributed by atoms with van der Waals surface area (Å²) in [4.78, 5) is 6.64. The molecule has 1 aromatic heterocycles. The molecule has 17 heavy (non-hydrogen) atoms. The quantitative estimate of drug-likeness (QED) is 0.765. The lowest BCUT2D eigenvalue weighted by molar-refractivity contribution is 0.635. The molecule has 3 nitrogen and oxygen atoms in total. The van der Waals surface area contributed by atoms with E-state index in [1.807, 2.05) is 23.9 Å². The summed E-state index contributed by atoms with van der Waals surface area (Å²) in [7, 11) is 0. The molecular weight excluding hydrogens is 230 g/mol. The van der Waals surface area contributed by atoms with E-state index >= 15 is 0 Å². The van der Waals surface area contributed by atoms with Gasteiger partial charge in [0.2, 0.25) is 0 Å². The molecule has 0 radical (unpaired) electrons. The lowest BCUT2D eigenvalue weighted by Gasteiger charge is -2.23. The monoisotopic (exact) mass is 247 g/mol. The Morgan fingerprint density at radius 1 is 1.41 bits per heavy atom. The van der Waals surface area contributed by atoms with Gasteiger partial charge in [-0.05, 0) is 18.6 Å². The molecule has 4 heteroatoms. The SMILES string of the molecule is CC1(C)CCN(c2cccc(C#N)n2)CCS1. The van der Waals surface area contributed by atoms with Gasteiger partial charge in [0.1, 0.15) is 17.6 Å². The molecular formula is C13H17N3S. The fraction of sp³-hybridized carbons (Fsp3) is 0.538. The summed E-state index contributed by atoms with van der Waals surface area (Å²) in [6, 6.07) is 7.74. The van der Waals surface area contributed by atoms with Crippen LogP contribution in [0.4, 0.5) is 5.82 Å². The molecule has 1 aromatic rings. The van der Waals surface area contributed by atoms with E-state index in [2.05, 4.69) is 29.8 Å². The molecule has 0 amide bonds. The van der Waals surface area contributed by atoms with Gasteiger partial charge in [-0.3, -0.25) is 0 Å². The van der Waals surface area contributed by atoms with Crippen LogP contribution in [0.3, 0.4) is 0 Å². The normalized spacial score (nSPS) is 19.5. The molecule has 0 aliphatic carbocycles. The van der Waals surface area contributed by atoms with Crippen LogP contribution in [-0.2, 0) is 0 Å². The Balaban J connectivity index is 2.14. The van der Waals surface area contributed by atoms with Crippen molar-refractivity contribution in [1.82, 2.24) is 4.98 Å². The Kier molecular flexibility index (Phi) is 3.58. The number of nitriles is 1. The van der Waals surface area contributed by atoms with E-state index in [1.54, 1.807) is 6.07 Å². The second-order valence-electron chi connectivity index (χ2n) is 4.84. The van der Waals surface area contributed by atoms with E-state index in [1.165, 1.54) is 0 Å². The molecule has 90 valence electrons. The average molecular weight is 247 g/mol. The van der Waals surface area contributed by atoms with E-state index in [9.17, 15) is 0 Å². The Morgan fingerprint density at radius 2 is 2.24 bits per heavy atom. The minimum atomic E-state index is 0.349. The van der Waals surface area contributed by atoms with Crippen molar-refractivity contribution >= 4 is 17.6 Å². The van der Waals surface area contributed by atoms with E-state index < -0.39 is 0 Å². The third kappa shape index (κ3) is 3.13. The van der Waals surface area contributed by atoms with Crippen molar-refractivity contribution in [2.24, 2.45) is 0 Å². The molecule has 2 heterocycles. The highest BCUT2D eigenvalue weighted by Crippen LogP contribution is 2.31. The first kappa shape index (κ1) is 12.3. The summed E-state index contributed by atoms with van der Waals surface area (Å²) in [5.41, 5.74) is 0.499. The average Bonchev–Trinajstić information content (AvgIpc) is 2.50. The van der Waals surface area contributed by atoms with Gasteiger partial charge in [-0.2, -0.15) is 17.0 Å². The van der Waals surface area contributed by atoms with E-state index in [-0.39, 0.29) is 0 Å². The van der Waals surface area contributed by atoms with Gasteiger partial charge < -0.3 is 4.90 Å². The predicted octanol–water partition coefficient (Wildman–Crippen LogP) is 2.68. The smallest absolute Gasteiger partial charge is 0.142 e. The summed E-state index contributed by atoms with van der Waals surface area (Å²) in [5.74, 6) is 2.05. The van der Waals surface area contributed by atoms with Crippen LogP contribution < -0.4 is 4.90 Å². The third-order valence-electron chi connectivity index (χ3n) is 3.01. The fourth-order valence-electron chi connectivity index (χ4n) is 1.91. The van der Waals surface area contributed by atoms with E-state index in [0.717, 1.165) is 31.1 Å². The lowest BCUT2D eigenvalue weighted by atomic mass is 10.1. The van der Waals surface area contributed by atoms with Crippen molar-refractivity contribution in [3.8, 4) is 6.07 Å². The number of nitrogens with zero attached hydrogens (tertiary/aromatic N) is 3. The summed E-state index contributed by atoms with van der Waals surface area (Å²) in [6.07, 6.45) is 1.15. The number of hydrogen-bond donors (Lipinski definition) is 0. The number of hydrogen-bond acceptors (Lipinski definition) is 4. The highest BCUT2D eigenvalue weighted by Gasteiger charge is 2.24. The number of aromatic nitrogens is 1. The van der Waals surface area contributed by atoms with Crippen molar-refractivity contribution in [2.45, 2.75) is 25.0 Å². The van der Waals surface area contributed by atoms with Gasteiger partial charge in [-0.1, -0.05) is 19.9 Å². The molecule has 0 unspecified atom stereocenters. The Bertz CT molecular complexity index is 437. The molecule has 0 bridgehead atoms. The number of pyridine rings is 1. The van der Waals surface area contributed by atoms with E-state index in [0.29, 0.717) is 10.4 Å². The first-order chi connectivity index (χ1) is 8.11. The molecule has 0 spiro atoms. The van der Waals surface area contributed by atoms with Crippen LogP contribution in [0.1, 0.15) is 26.0 Å². The van der Waals surface area contributed by atoms with Gasteiger partial charge in [0.25, 0.3) is 0 Å². The van der Waals surface area contributed by atoms with Crippen LogP contribution in [0.15, 0.2) is 18.2 Å². The maximum atomic E-state index is 8.86. The van der Waals surface area contributed by atoms with Gasteiger partial charge >= 0.3 is 0 Å². The van der Waals surface area contributed by atoms with Crippen LogP contribution in [0.5, 0.6) is 0 Å². The third-order valence-corrected chi connectivity index (χ3v) is 4.38. The summed E-state index contributed by atoms with van der Waals surface area (Å²) < 4.78 is 0.349. The Hall–Kier alpha value is -1.21. The van der Waals surface area contributed by atoms with Crippen LogP contribution >= 0.6 is 11.8 Å². The highest BCUT2D eigenvalue weighted by atomic mass is 32.2. The standard InChI is InChI=1S/C13H17N3S/c1-13(2)6-7-16(8-9-17-13)12-5-3-4-11(10-14)15-12/h3-5H,6-9H2,1-2H3. The largest absolute Gasteiger partial charge is 0.356 e. The van der Waals surface area contributed by atoms with Crippen LogP contribution in [0, 0.1) is 11.3 Å². The zero-order chi connectivity index (χ0) is 12.3. The zero-order valence-corrected chi connectivity index (χ0v) is 11.1. The highest BCUT2D eigenvalue weighted by molar-refractivity contribution is 8.00. The van der Waals surface area contributed by atoms with Crippen LogP contribution in [0.25, 0.3) is 0 Å². The molecule has 1 fully saturated rings. The van der Waals surface area contributed by atoms with E-state index in [4.69, 9.17) is 5.26 Å². The maximum Gasteiger partial charge on any atom is 0.142 e. The molecule has 0 N–H and O–H groups in total. The summed E-state index contributed by atoms with van der Waals surface area (Å²) >= 11 is 2.02. The molecule has 1 aliphatic rings. The first-order valence-corrected chi connectivity index (χ1v) is 6.85. The topological polar surface area (TPSA) is 39.9 Å². The van der Waals surface area contributed by atoms with Crippen LogP contribution in [-0.4, -0.2) is 28.6 Å². The molecule has 1 aliphatic heterocycles. The summed E-state index contributed by atoms with van der Waals surface area (Å²) in [6.45, 7) is 6.61. The van der Waals surface area contributed by atoms with Crippen molar-refractivity contribution < 1.29 is 0 Å². The molecule has 0 aromatic carbocycles. The Morgan fingerprint density at radius 3 is 3.00 bits per heavy atom. The van der Waals surface area contributed by atoms with Crippen molar-refractivity contribution in [2.75, 3.05) is 23.7 Å². The van der Waals surface area contributed by atoms with Gasteiger partial charge in [0.15, 0.2) is 0 Å². The molecule has 0 saturated carbocycles. The second kappa shape index (κ2) is 4.97. The van der Waals surface area contributed by atoms with Crippen molar-refractivity contribution in [3.05, 3.63) is 23.9 Å². The van der Waals surface area contributed by atoms with Gasteiger partial charge in [0.05, 0.1) is 0 Å². The number of anilines is 1. The summed E-state index contributed by atoms with van der Waals surface area (Å²) in [5, 5.41) is 8.86. The fourth-order valence-corrected chi connectivity index (χ4v) is 3.01. The Labute approximate surface area is 107 Å². The second-order valence-corrected chi connectivity index (χ2v) is 6.64. The number of rotatable bonds is 1. The zero-order valence-electron chi connectivity index (χ0n) is 10.3.